The molecule has 29 heavy (non-hydrogen) atoms. The Balaban J connectivity index is 1.69. The number of halogens is 2. The fourth-order valence-electron chi connectivity index (χ4n) is 3.85. The Kier molecular flexibility index (Phi) is 7.41. The lowest BCUT2D eigenvalue weighted by Crippen LogP contribution is -2.52. The average molecular weight is 406 g/mol. The topological polar surface area (TPSA) is 45.2 Å². The smallest absolute Gasteiger partial charge is 0.159 e. The summed E-state index contributed by atoms with van der Waals surface area (Å²) in [7, 11) is 3.29. The first-order valence-corrected chi connectivity index (χ1v) is 9.76. The van der Waals surface area contributed by atoms with Gasteiger partial charge in [-0.1, -0.05) is 6.07 Å². The van der Waals surface area contributed by atoms with Crippen LogP contribution in [-0.2, 0) is 13.1 Å². The molecule has 7 heteroatoms. The van der Waals surface area contributed by atoms with Gasteiger partial charge in [-0.05, 0) is 42.3 Å². The number of benzene rings is 2. The van der Waals surface area contributed by atoms with Gasteiger partial charge in [0, 0.05) is 50.9 Å². The quantitative estimate of drug-likeness (QED) is 0.730. The Morgan fingerprint density at radius 2 is 1.83 bits per heavy atom. The monoisotopic (exact) mass is 406 g/mol. The molecule has 158 valence electrons. The van der Waals surface area contributed by atoms with Crippen LogP contribution in [-0.4, -0.2) is 61.4 Å². The van der Waals surface area contributed by atoms with E-state index in [0.29, 0.717) is 19.5 Å². The summed E-state index contributed by atoms with van der Waals surface area (Å²) < 4.78 is 37.6. The number of aliphatic hydroxyl groups is 1. The van der Waals surface area contributed by atoms with Gasteiger partial charge in [0.2, 0.25) is 0 Å². The van der Waals surface area contributed by atoms with E-state index in [4.69, 9.17) is 9.47 Å². The molecule has 2 aromatic carbocycles. The number of methoxy groups -OCH3 is 2. The first-order valence-electron chi connectivity index (χ1n) is 9.76. The van der Waals surface area contributed by atoms with E-state index in [0.717, 1.165) is 48.3 Å². The van der Waals surface area contributed by atoms with Crippen LogP contribution in [0, 0.1) is 11.6 Å². The van der Waals surface area contributed by atoms with E-state index in [2.05, 4.69) is 9.80 Å². The maximum Gasteiger partial charge on any atom is 0.159 e. The van der Waals surface area contributed by atoms with Crippen LogP contribution in [0.1, 0.15) is 17.5 Å². The van der Waals surface area contributed by atoms with E-state index >= 15 is 0 Å². The molecule has 0 bridgehead atoms. The molecule has 1 heterocycles. The molecule has 0 radical (unpaired) electrons. The van der Waals surface area contributed by atoms with Crippen LogP contribution in [0.4, 0.5) is 8.78 Å². The van der Waals surface area contributed by atoms with Crippen molar-refractivity contribution in [3.8, 4) is 11.5 Å². The summed E-state index contributed by atoms with van der Waals surface area (Å²) in [6, 6.07) is 9.90. The summed E-state index contributed by atoms with van der Waals surface area (Å²) >= 11 is 0. The van der Waals surface area contributed by atoms with Crippen LogP contribution >= 0.6 is 0 Å². The summed E-state index contributed by atoms with van der Waals surface area (Å²) in [5, 5.41) is 9.52. The number of ether oxygens (including phenoxy) is 2. The highest BCUT2D eigenvalue weighted by Crippen LogP contribution is 2.27. The predicted octanol–water partition coefficient (Wildman–Crippen LogP) is 3.05. The first-order chi connectivity index (χ1) is 14.0. The van der Waals surface area contributed by atoms with Crippen molar-refractivity contribution in [2.75, 3.05) is 40.5 Å². The fourth-order valence-corrected chi connectivity index (χ4v) is 3.85. The highest BCUT2D eigenvalue weighted by Gasteiger charge is 2.27. The van der Waals surface area contributed by atoms with Crippen molar-refractivity contribution in [2.24, 2.45) is 0 Å². The standard InChI is InChI=1S/C22H28F2N2O3/c1-28-19-4-6-22(29-2)17(12-19)14-25-8-9-26(18(15-25)7-10-27)13-16-3-5-20(23)21(24)11-16/h3-6,11-12,18,27H,7-10,13-15H2,1-2H3. The van der Waals surface area contributed by atoms with Crippen LogP contribution in [0.2, 0.25) is 0 Å². The Morgan fingerprint density at radius 1 is 1.00 bits per heavy atom. The minimum atomic E-state index is -0.835. The number of piperazine rings is 1. The Bertz CT molecular complexity index is 819. The molecule has 0 aliphatic carbocycles. The maximum atomic E-state index is 13.6. The summed E-state index contributed by atoms with van der Waals surface area (Å²) in [5.74, 6) is -0.0684. The molecule has 0 saturated carbocycles. The van der Waals surface area contributed by atoms with Gasteiger partial charge in [-0.25, -0.2) is 8.78 Å². The van der Waals surface area contributed by atoms with Crippen molar-refractivity contribution in [3.63, 3.8) is 0 Å². The molecule has 1 fully saturated rings. The molecule has 0 spiro atoms. The van der Waals surface area contributed by atoms with Gasteiger partial charge >= 0.3 is 0 Å². The van der Waals surface area contributed by atoms with Crippen molar-refractivity contribution in [1.29, 1.82) is 0 Å². The lowest BCUT2D eigenvalue weighted by atomic mass is 10.1. The van der Waals surface area contributed by atoms with Crippen molar-refractivity contribution >= 4 is 0 Å². The summed E-state index contributed by atoms with van der Waals surface area (Å²) in [5.41, 5.74) is 1.78. The van der Waals surface area contributed by atoms with Crippen LogP contribution < -0.4 is 9.47 Å². The second-order valence-corrected chi connectivity index (χ2v) is 7.30. The van der Waals surface area contributed by atoms with Gasteiger partial charge in [-0.3, -0.25) is 9.80 Å². The van der Waals surface area contributed by atoms with Gasteiger partial charge in [-0.2, -0.15) is 0 Å². The molecule has 1 unspecified atom stereocenters. The molecule has 5 nitrogen and oxygen atoms in total. The van der Waals surface area contributed by atoms with E-state index in [1.165, 1.54) is 6.07 Å². The van der Waals surface area contributed by atoms with Crippen LogP contribution in [0.5, 0.6) is 11.5 Å². The maximum absolute atomic E-state index is 13.6. The number of rotatable bonds is 8. The van der Waals surface area contributed by atoms with E-state index in [1.807, 2.05) is 18.2 Å². The molecule has 1 saturated heterocycles. The SMILES string of the molecule is COc1ccc(OC)c(CN2CCN(Cc3ccc(F)c(F)c3)C(CCO)C2)c1. The van der Waals surface area contributed by atoms with Gasteiger partial charge in [0.05, 0.1) is 14.2 Å². The molecule has 2 aromatic rings. The lowest BCUT2D eigenvalue weighted by Gasteiger charge is -2.41. The molecule has 0 aromatic heterocycles. The van der Waals surface area contributed by atoms with Crippen LogP contribution in [0.25, 0.3) is 0 Å². The number of hydrogen-bond donors (Lipinski definition) is 1. The Morgan fingerprint density at radius 3 is 2.52 bits per heavy atom. The Hall–Kier alpha value is -2.22. The van der Waals surface area contributed by atoms with E-state index in [-0.39, 0.29) is 12.6 Å². The molecule has 0 amide bonds. The summed E-state index contributed by atoms with van der Waals surface area (Å²) in [6.07, 6.45) is 0.620. The number of nitrogens with zero attached hydrogens (tertiary/aromatic N) is 2. The lowest BCUT2D eigenvalue weighted by molar-refractivity contribution is 0.0495. The van der Waals surface area contributed by atoms with E-state index < -0.39 is 11.6 Å². The third-order valence-electron chi connectivity index (χ3n) is 5.40. The molecular weight excluding hydrogens is 378 g/mol. The van der Waals surface area contributed by atoms with Crippen LogP contribution in [0.3, 0.4) is 0 Å². The van der Waals surface area contributed by atoms with Crippen molar-refractivity contribution in [1.82, 2.24) is 9.80 Å². The van der Waals surface area contributed by atoms with E-state index in [9.17, 15) is 13.9 Å². The molecule has 3 rings (SSSR count). The Labute approximate surface area is 170 Å². The molecule has 1 aliphatic rings. The third-order valence-corrected chi connectivity index (χ3v) is 5.40. The van der Waals surface area contributed by atoms with Crippen LogP contribution in [0.15, 0.2) is 36.4 Å². The fraction of sp³-hybridized carbons (Fsp3) is 0.455. The van der Waals surface area contributed by atoms with Gasteiger partial charge in [-0.15, -0.1) is 0 Å². The third kappa shape index (κ3) is 5.44. The zero-order chi connectivity index (χ0) is 20.8. The normalized spacial score (nSPS) is 18.0. The molecule has 1 aliphatic heterocycles. The highest BCUT2D eigenvalue weighted by atomic mass is 19.2. The number of hydrogen-bond acceptors (Lipinski definition) is 5. The second-order valence-electron chi connectivity index (χ2n) is 7.30. The second kappa shape index (κ2) is 10.0. The van der Waals surface area contributed by atoms with Crippen molar-refractivity contribution < 1.29 is 23.4 Å². The number of aliphatic hydroxyl groups excluding tert-OH is 1. The predicted molar refractivity (Wildman–Crippen MR) is 107 cm³/mol. The molecular formula is C22H28F2N2O3. The largest absolute Gasteiger partial charge is 0.497 e. The first kappa shape index (κ1) is 21.5. The molecule has 1 N–H and O–H groups in total. The summed E-state index contributed by atoms with van der Waals surface area (Å²) in [4.78, 5) is 4.54. The van der Waals surface area contributed by atoms with E-state index in [1.54, 1.807) is 20.3 Å². The minimum Gasteiger partial charge on any atom is -0.497 e. The van der Waals surface area contributed by atoms with Gasteiger partial charge < -0.3 is 14.6 Å². The highest BCUT2D eigenvalue weighted by molar-refractivity contribution is 5.40. The van der Waals surface area contributed by atoms with Gasteiger partial charge in [0.25, 0.3) is 0 Å². The summed E-state index contributed by atoms with van der Waals surface area (Å²) in [6.45, 7) is 3.68. The minimum absolute atomic E-state index is 0.0786. The van der Waals surface area contributed by atoms with Crippen molar-refractivity contribution in [3.05, 3.63) is 59.2 Å². The zero-order valence-corrected chi connectivity index (χ0v) is 16.9. The van der Waals surface area contributed by atoms with Gasteiger partial charge in [0.15, 0.2) is 11.6 Å². The van der Waals surface area contributed by atoms with Gasteiger partial charge in [0.1, 0.15) is 11.5 Å². The van der Waals surface area contributed by atoms with Crippen molar-refractivity contribution in [2.45, 2.75) is 25.6 Å². The zero-order valence-electron chi connectivity index (χ0n) is 16.9. The molecule has 1 atom stereocenters. The average Bonchev–Trinajstić information content (AvgIpc) is 2.72.